The molecule has 0 unspecified atom stereocenters. The highest BCUT2D eigenvalue weighted by molar-refractivity contribution is 6.30. The molecule has 0 aliphatic rings. The van der Waals surface area contributed by atoms with E-state index in [1.807, 2.05) is 30.3 Å². The molecule has 0 radical (unpaired) electrons. The zero-order valence-electron chi connectivity index (χ0n) is 15.7. The summed E-state index contributed by atoms with van der Waals surface area (Å²) in [6.45, 7) is 1.77. The van der Waals surface area contributed by atoms with Crippen LogP contribution in [-0.2, 0) is 9.53 Å². The number of esters is 1. The van der Waals surface area contributed by atoms with E-state index in [4.69, 9.17) is 21.1 Å². The molecule has 9 heteroatoms. The van der Waals surface area contributed by atoms with Gasteiger partial charge in [-0.2, -0.15) is 9.90 Å². The van der Waals surface area contributed by atoms with Crippen molar-refractivity contribution in [2.24, 2.45) is 0 Å². The molecule has 0 spiro atoms. The fourth-order valence-corrected chi connectivity index (χ4v) is 2.51. The van der Waals surface area contributed by atoms with E-state index in [0.29, 0.717) is 22.2 Å². The predicted octanol–water partition coefficient (Wildman–Crippen LogP) is 2.58. The Morgan fingerprint density at radius 2 is 1.79 bits per heavy atom. The lowest BCUT2D eigenvalue weighted by atomic mass is 10.3. The summed E-state index contributed by atoms with van der Waals surface area (Å²) in [5, 5.41) is 11.6. The second kappa shape index (κ2) is 9.70. The zero-order chi connectivity index (χ0) is 20.6. The topological polar surface area (TPSA) is 95.3 Å². The van der Waals surface area contributed by atoms with Gasteiger partial charge in [0.1, 0.15) is 12.4 Å². The highest BCUT2D eigenvalue weighted by atomic mass is 35.5. The summed E-state index contributed by atoms with van der Waals surface area (Å²) in [4.78, 5) is 25.4. The number of nitrogens with one attached hydrogen (secondary N) is 1. The molecule has 0 aliphatic carbocycles. The highest BCUT2D eigenvalue weighted by Crippen LogP contribution is 2.15. The third-order valence-corrected chi connectivity index (χ3v) is 4.06. The van der Waals surface area contributed by atoms with Gasteiger partial charge in [-0.1, -0.05) is 29.8 Å². The van der Waals surface area contributed by atoms with Crippen LogP contribution in [0.5, 0.6) is 5.75 Å². The maximum atomic E-state index is 12.2. The molecule has 0 aliphatic heterocycles. The predicted molar refractivity (Wildman–Crippen MR) is 106 cm³/mol. The van der Waals surface area contributed by atoms with Gasteiger partial charge in [0.2, 0.25) is 0 Å². The summed E-state index contributed by atoms with van der Waals surface area (Å²) >= 11 is 5.80. The Kier molecular flexibility index (Phi) is 6.80. The molecule has 29 heavy (non-hydrogen) atoms. The molecule has 1 heterocycles. The van der Waals surface area contributed by atoms with Crippen LogP contribution >= 0.6 is 11.6 Å². The first-order valence-electron chi connectivity index (χ1n) is 8.84. The molecule has 2 aromatic carbocycles. The van der Waals surface area contributed by atoms with Gasteiger partial charge in [-0.3, -0.25) is 4.79 Å². The number of benzene rings is 2. The molecule has 0 bridgehead atoms. The maximum Gasteiger partial charge on any atom is 0.361 e. The highest BCUT2D eigenvalue weighted by Gasteiger charge is 2.18. The minimum atomic E-state index is -0.711. The summed E-state index contributed by atoms with van der Waals surface area (Å²) in [6.07, 6.45) is 0. The van der Waals surface area contributed by atoms with E-state index in [2.05, 4.69) is 15.5 Å². The molecule has 1 amide bonds. The van der Waals surface area contributed by atoms with E-state index in [1.165, 1.54) is 4.80 Å². The summed E-state index contributed by atoms with van der Waals surface area (Å²) in [5.41, 5.74) is 1.19. The van der Waals surface area contributed by atoms with Crippen molar-refractivity contribution >= 4 is 23.5 Å². The molecule has 0 fully saturated rings. The lowest BCUT2D eigenvalue weighted by Gasteiger charge is -2.08. The van der Waals surface area contributed by atoms with E-state index >= 15 is 0 Å². The minimum Gasteiger partial charge on any atom is -0.492 e. The lowest BCUT2D eigenvalue weighted by molar-refractivity contribution is -0.124. The number of para-hydroxylation sites is 1. The van der Waals surface area contributed by atoms with Gasteiger partial charge in [-0.25, -0.2) is 4.79 Å². The second-order valence-electron chi connectivity index (χ2n) is 5.99. The normalized spacial score (nSPS) is 10.4. The van der Waals surface area contributed by atoms with Crippen LogP contribution in [0.1, 0.15) is 16.2 Å². The van der Waals surface area contributed by atoms with Gasteiger partial charge in [0.25, 0.3) is 5.91 Å². The van der Waals surface area contributed by atoms with Crippen molar-refractivity contribution in [1.82, 2.24) is 20.3 Å². The standard InChI is InChI=1S/C20H19ClN4O4/c1-14-19(24-25(23-14)16-5-3-2-4-6-16)20(27)29-13-18(26)22-11-12-28-17-9-7-15(21)8-10-17/h2-10H,11-13H2,1H3,(H,22,26). The zero-order valence-corrected chi connectivity index (χ0v) is 16.4. The average molecular weight is 415 g/mol. The fraction of sp³-hybridized carbons (Fsp3) is 0.200. The number of carbonyl (C=O) groups is 2. The van der Waals surface area contributed by atoms with Crippen LogP contribution in [-0.4, -0.2) is 46.6 Å². The van der Waals surface area contributed by atoms with Crippen LogP contribution in [0.2, 0.25) is 5.02 Å². The Morgan fingerprint density at radius 3 is 2.52 bits per heavy atom. The maximum absolute atomic E-state index is 12.2. The lowest BCUT2D eigenvalue weighted by Crippen LogP contribution is -2.32. The third kappa shape index (κ3) is 5.79. The van der Waals surface area contributed by atoms with Crippen molar-refractivity contribution < 1.29 is 19.1 Å². The average Bonchev–Trinajstić information content (AvgIpc) is 3.13. The van der Waals surface area contributed by atoms with Crippen molar-refractivity contribution in [2.45, 2.75) is 6.92 Å². The van der Waals surface area contributed by atoms with E-state index < -0.39 is 18.5 Å². The van der Waals surface area contributed by atoms with E-state index in [1.54, 1.807) is 31.2 Å². The van der Waals surface area contributed by atoms with Gasteiger partial charge in [-0.05, 0) is 43.3 Å². The molecule has 3 rings (SSSR count). The van der Waals surface area contributed by atoms with Crippen LogP contribution in [0.25, 0.3) is 5.69 Å². The van der Waals surface area contributed by atoms with E-state index in [-0.39, 0.29) is 18.8 Å². The van der Waals surface area contributed by atoms with Crippen LogP contribution in [0.4, 0.5) is 0 Å². The Morgan fingerprint density at radius 1 is 1.07 bits per heavy atom. The number of amides is 1. The first-order valence-corrected chi connectivity index (χ1v) is 9.22. The van der Waals surface area contributed by atoms with Crippen LogP contribution in [0.3, 0.4) is 0 Å². The Bertz CT molecular complexity index is 974. The molecule has 0 atom stereocenters. The summed E-state index contributed by atoms with van der Waals surface area (Å²) < 4.78 is 10.5. The summed E-state index contributed by atoms with van der Waals surface area (Å²) in [6, 6.07) is 16.1. The smallest absolute Gasteiger partial charge is 0.361 e. The quantitative estimate of drug-likeness (QED) is 0.449. The molecule has 0 saturated heterocycles. The van der Waals surface area contributed by atoms with Gasteiger partial charge in [0, 0.05) is 5.02 Å². The Hall–Kier alpha value is -3.39. The molecule has 3 aromatic rings. The summed E-state index contributed by atoms with van der Waals surface area (Å²) in [7, 11) is 0. The largest absolute Gasteiger partial charge is 0.492 e. The third-order valence-electron chi connectivity index (χ3n) is 3.80. The van der Waals surface area contributed by atoms with Gasteiger partial charge in [-0.15, -0.1) is 5.10 Å². The number of halogens is 1. The first-order chi connectivity index (χ1) is 14.0. The monoisotopic (exact) mass is 414 g/mol. The molecule has 1 aromatic heterocycles. The van der Waals surface area contributed by atoms with Crippen LogP contribution < -0.4 is 10.1 Å². The molecular weight excluding hydrogens is 396 g/mol. The second-order valence-corrected chi connectivity index (χ2v) is 6.42. The Balaban J connectivity index is 1.42. The number of carbonyl (C=O) groups excluding carboxylic acids is 2. The number of aryl methyl sites for hydroxylation is 1. The molecular formula is C20H19ClN4O4. The molecule has 150 valence electrons. The van der Waals surface area contributed by atoms with E-state index in [9.17, 15) is 9.59 Å². The van der Waals surface area contributed by atoms with Crippen LogP contribution in [0.15, 0.2) is 54.6 Å². The van der Waals surface area contributed by atoms with Crippen molar-refractivity contribution in [2.75, 3.05) is 19.8 Å². The van der Waals surface area contributed by atoms with E-state index in [0.717, 1.165) is 0 Å². The molecule has 0 saturated carbocycles. The van der Waals surface area contributed by atoms with Gasteiger partial charge < -0.3 is 14.8 Å². The first kappa shape index (κ1) is 20.3. The molecule has 8 nitrogen and oxygen atoms in total. The van der Waals surface area contributed by atoms with Gasteiger partial charge >= 0.3 is 5.97 Å². The van der Waals surface area contributed by atoms with Crippen molar-refractivity contribution in [3.05, 3.63) is 71.0 Å². The number of ether oxygens (including phenoxy) is 2. The molecule has 1 N–H and O–H groups in total. The van der Waals surface area contributed by atoms with Crippen molar-refractivity contribution in [3.63, 3.8) is 0 Å². The number of nitrogens with zero attached hydrogens (tertiary/aromatic N) is 3. The minimum absolute atomic E-state index is 0.0627. The van der Waals surface area contributed by atoms with Crippen molar-refractivity contribution in [3.8, 4) is 11.4 Å². The number of hydrogen-bond acceptors (Lipinski definition) is 6. The van der Waals surface area contributed by atoms with Gasteiger partial charge in [0.15, 0.2) is 12.3 Å². The summed E-state index contributed by atoms with van der Waals surface area (Å²) in [5.74, 6) is -0.504. The fourth-order valence-electron chi connectivity index (χ4n) is 2.38. The SMILES string of the molecule is Cc1nn(-c2ccccc2)nc1C(=O)OCC(=O)NCCOc1ccc(Cl)cc1. The number of aromatic nitrogens is 3. The van der Waals surface area contributed by atoms with Gasteiger partial charge in [0.05, 0.1) is 17.9 Å². The number of rotatable bonds is 8. The number of hydrogen-bond donors (Lipinski definition) is 1. The Labute approximate surface area is 172 Å². The van der Waals surface area contributed by atoms with Crippen LogP contribution in [0, 0.1) is 6.92 Å². The van der Waals surface area contributed by atoms with Crippen molar-refractivity contribution in [1.29, 1.82) is 0 Å².